The van der Waals surface area contributed by atoms with Gasteiger partial charge >= 0.3 is 0 Å². The highest BCUT2D eigenvalue weighted by Gasteiger charge is 2.14. The maximum Gasteiger partial charge on any atom is 0.271 e. The number of methoxy groups -OCH3 is 1. The highest BCUT2D eigenvalue weighted by Crippen LogP contribution is 2.19. The van der Waals surface area contributed by atoms with Crippen LogP contribution >= 0.6 is 11.3 Å². The SMILES string of the molecule is COc1ccccc1CN(C)C(=O)Cn1cnc2ccsc2c1=O. The van der Waals surface area contributed by atoms with Crippen molar-refractivity contribution in [1.29, 1.82) is 0 Å². The third-order valence-electron chi connectivity index (χ3n) is 3.77. The van der Waals surface area contributed by atoms with Gasteiger partial charge in [-0.05, 0) is 17.5 Å². The van der Waals surface area contributed by atoms with E-state index >= 15 is 0 Å². The van der Waals surface area contributed by atoms with E-state index in [-0.39, 0.29) is 18.0 Å². The zero-order valence-corrected chi connectivity index (χ0v) is 14.2. The van der Waals surface area contributed by atoms with E-state index in [0.717, 1.165) is 11.3 Å². The molecule has 3 rings (SSSR count). The number of carbonyl (C=O) groups is 1. The van der Waals surface area contributed by atoms with E-state index in [1.54, 1.807) is 25.1 Å². The van der Waals surface area contributed by atoms with Gasteiger partial charge in [0.05, 0.1) is 19.0 Å². The van der Waals surface area contributed by atoms with Gasteiger partial charge in [-0.3, -0.25) is 14.2 Å². The Balaban J connectivity index is 1.76. The molecule has 0 aliphatic carbocycles. The zero-order valence-electron chi connectivity index (χ0n) is 13.4. The summed E-state index contributed by atoms with van der Waals surface area (Å²) in [5.41, 5.74) is 1.39. The molecule has 24 heavy (non-hydrogen) atoms. The molecule has 0 aliphatic rings. The van der Waals surface area contributed by atoms with Crippen molar-refractivity contribution in [2.75, 3.05) is 14.2 Å². The lowest BCUT2D eigenvalue weighted by molar-refractivity contribution is -0.131. The van der Waals surface area contributed by atoms with Crippen molar-refractivity contribution in [3.05, 3.63) is 58.0 Å². The predicted molar refractivity (Wildman–Crippen MR) is 93.3 cm³/mol. The standard InChI is InChI=1S/C17H17N3O3S/c1-19(9-12-5-3-4-6-14(12)23-2)15(21)10-20-11-18-13-7-8-24-16(13)17(20)22/h3-8,11H,9-10H2,1-2H3. The number of hydrogen-bond acceptors (Lipinski definition) is 5. The molecule has 3 aromatic rings. The first-order valence-electron chi connectivity index (χ1n) is 7.38. The first kappa shape index (κ1) is 16.2. The number of para-hydroxylation sites is 1. The predicted octanol–water partition coefficient (Wildman–Crippen LogP) is 2.13. The molecule has 124 valence electrons. The van der Waals surface area contributed by atoms with Crippen LogP contribution in [0, 0.1) is 0 Å². The fraction of sp³-hybridized carbons (Fsp3) is 0.235. The van der Waals surface area contributed by atoms with Crippen LogP contribution in [0.2, 0.25) is 0 Å². The number of aromatic nitrogens is 2. The maximum atomic E-state index is 12.4. The normalized spacial score (nSPS) is 10.8. The maximum absolute atomic E-state index is 12.4. The minimum Gasteiger partial charge on any atom is -0.496 e. The van der Waals surface area contributed by atoms with Crippen LogP contribution < -0.4 is 10.3 Å². The minimum absolute atomic E-state index is 0.0364. The lowest BCUT2D eigenvalue weighted by Gasteiger charge is -2.19. The Labute approximate surface area is 142 Å². The molecule has 1 aromatic carbocycles. The number of hydrogen-bond donors (Lipinski definition) is 0. The highest BCUT2D eigenvalue weighted by molar-refractivity contribution is 7.17. The molecule has 0 aliphatic heterocycles. The summed E-state index contributed by atoms with van der Waals surface area (Å²) < 4.78 is 7.22. The van der Waals surface area contributed by atoms with E-state index in [2.05, 4.69) is 4.98 Å². The molecule has 0 spiro atoms. The molecular weight excluding hydrogens is 326 g/mol. The van der Waals surface area contributed by atoms with Gasteiger partial charge in [-0.2, -0.15) is 0 Å². The molecule has 0 fully saturated rings. The van der Waals surface area contributed by atoms with Gasteiger partial charge in [-0.15, -0.1) is 11.3 Å². The number of fused-ring (bicyclic) bond motifs is 1. The first-order chi connectivity index (χ1) is 11.6. The summed E-state index contributed by atoms with van der Waals surface area (Å²) in [6.07, 6.45) is 1.42. The Kier molecular flexibility index (Phi) is 4.61. The van der Waals surface area contributed by atoms with Gasteiger partial charge in [0.2, 0.25) is 5.91 Å². The van der Waals surface area contributed by atoms with E-state index < -0.39 is 0 Å². The number of ether oxygens (including phenoxy) is 1. The van der Waals surface area contributed by atoms with Gasteiger partial charge < -0.3 is 9.64 Å². The van der Waals surface area contributed by atoms with E-state index in [1.165, 1.54) is 22.2 Å². The summed E-state index contributed by atoms with van der Waals surface area (Å²) in [4.78, 5) is 30.6. The van der Waals surface area contributed by atoms with Crippen molar-refractivity contribution in [3.8, 4) is 5.75 Å². The van der Waals surface area contributed by atoms with Crippen molar-refractivity contribution in [1.82, 2.24) is 14.5 Å². The molecular formula is C17H17N3O3S. The number of rotatable bonds is 5. The van der Waals surface area contributed by atoms with Crippen LogP contribution in [0.1, 0.15) is 5.56 Å². The van der Waals surface area contributed by atoms with Gasteiger partial charge in [0.15, 0.2) is 0 Å². The number of carbonyl (C=O) groups excluding carboxylic acids is 1. The van der Waals surface area contributed by atoms with Crippen LogP contribution in [0.15, 0.2) is 46.8 Å². The summed E-state index contributed by atoms with van der Waals surface area (Å²) >= 11 is 1.33. The minimum atomic E-state index is -0.186. The molecule has 0 atom stereocenters. The summed E-state index contributed by atoms with van der Waals surface area (Å²) in [6.45, 7) is 0.373. The molecule has 0 unspecified atom stereocenters. The van der Waals surface area contributed by atoms with Crippen molar-refractivity contribution < 1.29 is 9.53 Å². The first-order valence-corrected chi connectivity index (χ1v) is 8.26. The Morgan fingerprint density at radius 3 is 2.92 bits per heavy atom. The largest absolute Gasteiger partial charge is 0.496 e. The van der Waals surface area contributed by atoms with Crippen LogP contribution in [0.4, 0.5) is 0 Å². The molecule has 7 heteroatoms. The second kappa shape index (κ2) is 6.84. The molecule has 0 saturated heterocycles. The Hall–Kier alpha value is -2.67. The van der Waals surface area contributed by atoms with E-state index in [4.69, 9.17) is 4.74 Å². The van der Waals surface area contributed by atoms with E-state index in [9.17, 15) is 9.59 Å². The topological polar surface area (TPSA) is 64.4 Å². The van der Waals surface area contributed by atoms with Crippen molar-refractivity contribution in [2.24, 2.45) is 0 Å². The van der Waals surface area contributed by atoms with Gasteiger partial charge in [0.25, 0.3) is 5.56 Å². The van der Waals surface area contributed by atoms with E-state index in [1.807, 2.05) is 29.6 Å². The summed E-state index contributed by atoms with van der Waals surface area (Å²) in [5, 5.41) is 1.82. The number of benzene rings is 1. The smallest absolute Gasteiger partial charge is 0.271 e. The van der Waals surface area contributed by atoms with Crippen LogP contribution in [0.3, 0.4) is 0 Å². The number of nitrogens with zero attached hydrogens (tertiary/aromatic N) is 3. The second-order valence-electron chi connectivity index (χ2n) is 5.37. The quantitative estimate of drug-likeness (QED) is 0.712. The van der Waals surface area contributed by atoms with E-state index in [0.29, 0.717) is 16.8 Å². The Morgan fingerprint density at radius 1 is 1.33 bits per heavy atom. The average Bonchev–Trinajstić information content (AvgIpc) is 3.07. The van der Waals surface area contributed by atoms with Crippen LogP contribution in [-0.4, -0.2) is 34.5 Å². The molecule has 6 nitrogen and oxygen atoms in total. The lowest BCUT2D eigenvalue weighted by Crippen LogP contribution is -2.33. The molecule has 0 saturated carbocycles. The molecule has 0 radical (unpaired) electrons. The van der Waals surface area contributed by atoms with Crippen molar-refractivity contribution in [3.63, 3.8) is 0 Å². The lowest BCUT2D eigenvalue weighted by atomic mass is 10.2. The Morgan fingerprint density at radius 2 is 2.12 bits per heavy atom. The van der Waals surface area contributed by atoms with Crippen LogP contribution in [0.25, 0.3) is 10.2 Å². The average molecular weight is 343 g/mol. The van der Waals surface area contributed by atoms with Crippen molar-refractivity contribution >= 4 is 27.5 Å². The van der Waals surface area contributed by atoms with Gasteiger partial charge in [-0.25, -0.2) is 4.98 Å². The summed E-state index contributed by atoms with van der Waals surface area (Å²) in [6, 6.07) is 9.34. The van der Waals surface area contributed by atoms with Crippen LogP contribution in [0.5, 0.6) is 5.75 Å². The van der Waals surface area contributed by atoms with Crippen LogP contribution in [-0.2, 0) is 17.9 Å². The number of likely N-dealkylation sites (N-methyl/N-ethyl adjacent to an activating group) is 1. The fourth-order valence-corrected chi connectivity index (χ4v) is 3.23. The number of thiophene rings is 1. The summed E-state index contributed by atoms with van der Waals surface area (Å²) in [7, 11) is 3.30. The molecule has 1 amide bonds. The third-order valence-corrected chi connectivity index (χ3v) is 4.66. The second-order valence-corrected chi connectivity index (χ2v) is 6.29. The van der Waals surface area contributed by atoms with Gasteiger partial charge in [-0.1, -0.05) is 18.2 Å². The zero-order chi connectivity index (χ0) is 17.1. The fourth-order valence-electron chi connectivity index (χ4n) is 2.44. The number of amides is 1. The Bertz CT molecular complexity index is 932. The molecule has 2 aromatic heterocycles. The molecule has 0 bridgehead atoms. The summed E-state index contributed by atoms with van der Waals surface area (Å²) in [5.74, 6) is 0.566. The third kappa shape index (κ3) is 3.16. The van der Waals surface area contributed by atoms with Crippen molar-refractivity contribution in [2.45, 2.75) is 13.1 Å². The molecule has 2 heterocycles. The monoisotopic (exact) mass is 343 g/mol. The molecule has 0 N–H and O–H groups in total. The van der Waals surface area contributed by atoms with Gasteiger partial charge in [0, 0.05) is 19.2 Å². The van der Waals surface area contributed by atoms with Gasteiger partial charge in [0.1, 0.15) is 17.0 Å². The highest BCUT2D eigenvalue weighted by atomic mass is 32.1.